The summed E-state index contributed by atoms with van der Waals surface area (Å²) in [5.74, 6) is -0.779. The maximum Gasteiger partial charge on any atom is 0.325 e. The van der Waals surface area contributed by atoms with Crippen LogP contribution in [0.3, 0.4) is 0 Å². The smallest absolute Gasteiger partial charge is 0.323 e. The van der Waals surface area contributed by atoms with Crippen molar-refractivity contribution in [1.82, 2.24) is 20.7 Å². The minimum atomic E-state index is -0.981. The van der Waals surface area contributed by atoms with Crippen molar-refractivity contribution in [3.05, 3.63) is 35.9 Å². The second kappa shape index (κ2) is 6.78. The van der Waals surface area contributed by atoms with E-state index in [4.69, 9.17) is 0 Å². The van der Waals surface area contributed by atoms with Crippen LogP contribution in [0, 0.1) is 0 Å². The number of hydrazine groups is 1. The molecule has 2 N–H and O–H groups in total. The van der Waals surface area contributed by atoms with E-state index in [0.29, 0.717) is 12.8 Å². The van der Waals surface area contributed by atoms with Crippen molar-refractivity contribution in [3.63, 3.8) is 0 Å². The van der Waals surface area contributed by atoms with Crippen LogP contribution in [-0.4, -0.2) is 53.9 Å². The Morgan fingerprint density at radius 3 is 2.52 bits per heavy atom. The Labute approximate surface area is 135 Å². The first-order valence-electron chi connectivity index (χ1n) is 7.47. The number of hydrogen-bond donors (Lipinski definition) is 2. The van der Waals surface area contributed by atoms with E-state index in [2.05, 4.69) is 10.7 Å². The van der Waals surface area contributed by atoms with Crippen LogP contribution in [-0.2, 0) is 16.0 Å². The highest BCUT2D eigenvalue weighted by atomic mass is 16.2. The summed E-state index contributed by atoms with van der Waals surface area (Å²) in [5.41, 5.74) is 2.63. The highest BCUT2D eigenvalue weighted by molar-refractivity contribution is 6.08. The quantitative estimate of drug-likeness (QED) is 0.592. The summed E-state index contributed by atoms with van der Waals surface area (Å²) in [6, 6.07) is 9.23. The van der Waals surface area contributed by atoms with E-state index in [1.54, 1.807) is 21.0 Å². The molecule has 2 rings (SSSR count). The molecule has 0 bridgehead atoms. The Hall–Kier alpha value is -2.41. The van der Waals surface area contributed by atoms with E-state index >= 15 is 0 Å². The summed E-state index contributed by atoms with van der Waals surface area (Å²) in [4.78, 5) is 37.3. The molecule has 0 unspecified atom stereocenters. The fourth-order valence-electron chi connectivity index (χ4n) is 2.53. The van der Waals surface area contributed by atoms with Crippen LogP contribution in [0.1, 0.15) is 18.9 Å². The number of nitrogens with zero attached hydrogens (tertiary/aromatic N) is 2. The maximum atomic E-state index is 12.5. The molecule has 1 aliphatic heterocycles. The SMILES string of the molecule is CN(C)NC(=O)CN1C(=O)N[C@](C)(CCc2ccccc2)C1=O. The van der Waals surface area contributed by atoms with Gasteiger partial charge in [0.1, 0.15) is 12.1 Å². The van der Waals surface area contributed by atoms with Crippen LogP contribution in [0.2, 0.25) is 0 Å². The lowest BCUT2D eigenvalue weighted by atomic mass is 9.93. The molecule has 0 spiro atoms. The van der Waals surface area contributed by atoms with Crippen molar-refractivity contribution in [3.8, 4) is 0 Å². The van der Waals surface area contributed by atoms with Gasteiger partial charge in [-0.1, -0.05) is 30.3 Å². The van der Waals surface area contributed by atoms with Gasteiger partial charge in [0.2, 0.25) is 0 Å². The molecule has 1 aromatic rings. The number of carbonyl (C=O) groups is 3. The number of imide groups is 1. The Balaban J connectivity index is 2.00. The van der Waals surface area contributed by atoms with Gasteiger partial charge < -0.3 is 5.32 Å². The molecule has 1 heterocycles. The molecule has 7 nitrogen and oxygen atoms in total. The van der Waals surface area contributed by atoms with Crippen LogP contribution in [0.25, 0.3) is 0 Å². The number of urea groups is 1. The van der Waals surface area contributed by atoms with Gasteiger partial charge in [0.15, 0.2) is 0 Å². The Morgan fingerprint density at radius 2 is 1.91 bits per heavy atom. The molecular weight excluding hydrogens is 296 g/mol. The molecule has 1 aromatic carbocycles. The average molecular weight is 318 g/mol. The van der Waals surface area contributed by atoms with Crippen LogP contribution >= 0.6 is 0 Å². The van der Waals surface area contributed by atoms with Crippen LogP contribution in [0.15, 0.2) is 30.3 Å². The van der Waals surface area contributed by atoms with Crippen molar-refractivity contribution >= 4 is 17.8 Å². The van der Waals surface area contributed by atoms with Crippen molar-refractivity contribution in [1.29, 1.82) is 0 Å². The number of nitrogens with one attached hydrogen (secondary N) is 2. The van der Waals surface area contributed by atoms with Gasteiger partial charge in [-0.2, -0.15) is 0 Å². The normalized spacial score (nSPS) is 20.8. The third-order valence-electron chi connectivity index (χ3n) is 3.75. The lowest BCUT2D eigenvalue weighted by Crippen LogP contribution is -2.47. The zero-order chi connectivity index (χ0) is 17.0. The molecule has 0 aromatic heterocycles. The standard InChI is InChI=1S/C16H22N4O3/c1-16(10-9-12-7-5-4-6-8-12)14(22)20(15(23)17-16)11-13(21)18-19(2)3/h4-8H,9-11H2,1-3H3,(H,17,23)(H,18,21)/t16-/m1/s1. The highest BCUT2D eigenvalue weighted by Crippen LogP contribution is 2.23. The highest BCUT2D eigenvalue weighted by Gasteiger charge is 2.47. The lowest BCUT2D eigenvalue weighted by Gasteiger charge is -2.21. The summed E-state index contributed by atoms with van der Waals surface area (Å²) in [7, 11) is 3.32. The van der Waals surface area contributed by atoms with Crippen LogP contribution in [0.5, 0.6) is 0 Å². The fraction of sp³-hybridized carbons (Fsp3) is 0.438. The first-order chi connectivity index (χ1) is 10.8. The number of carbonyl (C=O) groups excluding carboxylic acids is 3. The third-order valence-corrected chi connectivity index (χ3v) is 3.75. The summed E-state index contributed by atoms with van der Waals surface area (Å²) in [6.07, 6.45) is 1.15. The Kier molecular flexibility index (Phi) is 5.00. The first-order valence-corrected chi connectivity index (χ1v) is 7.47. The molecule has 1 fully saturated rings. The monoisotopic (exact) mass is 318 g/mol. The largest absolute Gasteiger partial charge is 0.325 e. The number of rotatable bonds is 6. The minimum absolute atomic E-state index is 0.288. The molecule has 124 valence electrons. The van der Waals surface area contributed by atoms with E-state index in [1.807, 2.05) is 30.3 Å². The van der Waals surface area contributed by atoms with E-state index in [-0.39, 0.29) is 12.5 Å². The van der Waals surface area contributed by atoms with Crippen molar-refractivity contribution in [2.75, 3.05) is 20.6 Å². The van der Waals surface area contributed by atoms with E-state index in [1.165, 1.54) is 5.01 Å². The number of hydrogen-bond acceptors (Lipinski definition) is 4. The number of aryl methyl sites for hydroxylation is 1. The Morgan fingerprint density at radius 1 is 1.26 bits per heavy atom. The zero-order valence-electron chi connectivity index (χ0n) is 13.6. The molecule has 0 radical (unpaired) electrons. The van der Waals surface area contributed by atoms with Gasteiger partial charge in [-0.15, -0.1) is 0 Å². The van der Waals surface area contributed by atoms with Gasteiger partial charge in [-0.3, -0.25) is 19.9 Å². The zero-order valence-corrected chi connectivity index (χ0v) is 13.6. The molecule has 1 aliphatic rings. The van der Waals surface area contributed by atoms with E-state index in [9.17, 15) is 14.4 Å². The average Bonchev–Trinajstić information content (AvgIpc) is 2.69. The van der Waals surface area contributed by atoms with Gasteiger partial charge in [0.05, 0.1) is 0 Å². The van der Waals surface area contributed by atoms with Gasteiger partial charge in [0.25, 0.3) is 11.8 Å². The molecule has 1 atom stereocenters. The molecule has 1 saturated heterocycles. The second-order valence-corrected chi connectivity index (χ2v) is 6.07. The summed E-state index contributed by atoms with van der Waals surface area (Å²) in [6.45, 7) is 1.41. The third kappa shape index (κ3) is 4.07. The van der Waals surface area contributed by atoms with Crippen LogP contribution in [0.4, 0.5) is 4.79 Å². The lowest BCUT2D eigenvalue weighted by molar-refractivity contribution is -0.135. The predicted octanol–water partition coefficient (Wildman–Crippen LogP) is 0.523. The van der Waals surface area contributed by atoms with Gasteiger partial charge >= 0.3 is 6.03 Å². The first kappa shape index (κ1) is 17.0. The van der Waals surface area contributed by atoms with Gasteiger partial charge in [-0.05, 0) is 25.3 Å². The molecule has 4 amide bonds. The predicted molar refractivity (Wildman–Crippen MR) is 85.2 cm³/mol. The van der Waals surface area contributed by atoms with Gasteiger partial charge in [0, 0.05) is 14.1 Å². The summed E-state index contributed by atoms with van der Waals surface area (Å²) >= 11 is 0. The van der Waals surface area contributed by atoms with Crippen molar-refractivity contribution in [2.45, 2.75) is 25.3 Å². The van der Waals surface area contributed by atoms with E-state index < -0.39 is 17.5 Å². The summed E-state index contributed by atoms with van der Waals surface area (Å²) < 4.78 is 0. The molecular formula is C16H22N4O3. The maximum absolute atomic E-state index is 12.5. The van der Waals surface area contributed by atoms with Crippen molar-refractivity contribution in [2.24, 2.45) is 0 Å². The summed E-state index contributed by atoms with van der Waals surface area (Å²) in [5, 5.41) is 4.17. The molecule has 23 heavy (non-hydrogen) atoms. The topological polar surface area (TPSA) is 81.8 Å². The van der Waals surface area contributed by atoms with Crippen molar-refractivity contribution < 1.29 is 14.4 Å². The van der Waals surface area contributed by atoms with E-state index in [0.717, 1.165) is 10.5 Å². The molecule has 0 aliphatic carbocycles. The van der Waals surface area contributed by atoms with Gasteiger partial charge in [-0.25, -0.2) is 9.80 Å². The fourth-order valence-corrected chi connectivity index (χ4v) is 2.53. The number of amides is 4. The molecule has 0 saturated carbocycles. The molecule has 7 heteroatoms. The van der Waals surface area contributed by atoms with Crippen LogP contribution < -0.4 is 10.7 Å². The number of benzene rings is 1. The Bertz CT molecular complexity index is 603. The second-order valence-electron chi connectivity index (χ2n) is 6.07. The minimum Gasteiger partial charge on any atom is -0.323 e.